The molecule has 1 aromatic heterocycles. The van der Waals surface area contributed by atoms with Gasteiger partial charge in [-0.15, -0.1) is 0 Å². The first kappa shape index (κ1) is 20.2. The molecule has 1 aliphatic heterocycles. The van der Waals surface area contributed by atoms with Crippen LogP contribution in [0, 0.1) is 0 Å². The number of hydrogen-bond acceptors (Lipinski definition) is 4. The van der Waals surface area contributed by atoms with Crippen molar-refractivity contribution in [2.24, 2.45) is 0 Å². The summed E-state index contributed by atoms with van der Waals surface area (Å²) in [5, 5.41) is 3.51. The van der Waals surface area contributed by atoms with Gasteiger partial charge in [-0.3, -0.25) is 9.59 Å². The van der Waals surface area contributed by atoms with E-state index in [9.17, 15) is 14.4 Å². The van der Waals surface area contributed by atoms with Gasteiger partial charge in [-0.1, -0.05) is 64.5 Å². The maximum absolute atomic E-state index is 13.7. The Balaban J connectivity index is 1.70. The molecule has 5 rings (SSSR count). The van der Waals surface area contributed by atoms with E-state index in [1.54, 1.807) is 30.3 Å². The average Bonchev–Trinajstić information content (AvgIpc) is 2.94. The molecule has 0 radical (unpaired) electrons. The highest BCUT2D eigenvalue weighted by atomic mass is 79.9. The van der Waals surface area contributed by atoms with Crippen LogP contribution in [0.4, 0.5) is 5.69 Å². The van der Waals surface area contributed by atoms with Gasteiger partial charge in [0.2, 0.25) is 5.91 Å². The van der Waals surface area contributed by atoms with E-state index in [0.29, 0.717) is 16.7 Å². The van der Waals surface area contributed by atoms with Crippen molar-refractivity contribution in [1.29, 1.82) is 0 Å². The second-order valence-corrected chi connectivity index (χ2v) is 8.43. The predicted molar refractivity (Wildman–Crippen MR) is 125 cm³/mol. The molecule has 4 aromatic rings. The van der Waals surface area contributed by atoms with Crippen LogP contribution in [-0.4, -0.2) is 23.3 Å². The van der Waals surface area contributed by atoms with E-state index >= 15 is 0 Å². The van der Waals surface area contributed by atoms with E-state index in [0.717, 1.165) is 15.6 Å². The number of rotatable bonds is 2. The Morgan fingerprint density at radius 3 is 2.53 bits per heavy atom. The van der Waals surface area contributed by atoms with Crippen molar-refractivity contribution < 1.29 is 14.0 Å². The first-order valence-electron chi connectivity index (χ1n) is 9.99. The third-order valence-electron chi connectivity index (χ3n) is 5.46. The van der Waals surface area contributed by atoms with Gasteiger partial charge in [0.05, 0.1) is 6.04 Å². The highest BCUT2D eigenvalue weighted by molar-refractivity contribution is 9.10. The molecule has 0 unspecified atom stereocenters. The zero-order valence-corrected chi connectivity index (χ0v) is 18.3. The Kier molecular flexibility index (Phi) is 5.11. The number of amides is 2. The minimum absolute atomic E-state index is 0.115. The van der Waals surface area contributed by atoms with Crippen molar-refractivity contribution in [3.63, 3.8) is 0 Å². The average molecular weight is 489 g/mol. The van der Waals surface area contributed by atoms with Gasteiger partial charge >= 0.3 is 5.63 Å². The molecule has 0 bridgehead atoms. The number of fused-ring (bicyclic) bond motifs is 2. The molecular formula is C25H17BrN2O4. The summed E-state index contributed by atoms with van der Waals surface area (Å²) < 4.78 is 6.19. The second-order valence-electron chi connectivity index (χ2n) is 7.51. The summed E-state index contributed by atoms with van der Waals surface area (Å²) in [7, 11) is 0. The molecule has 0 spiro atoms. The maximum atomic E-state index is 13.7. The number of hydrogen-bond donors (Lipinski definition) is 1. The molecule has 2 heterocycles. The van der Waals surface area contributed by atoms with Gasteiger partial charge in [0.25, 0.3) is 5.91 Å². The van der Waals surface area contributed by atoms with Crippen LogP contribution in [0.3, 0.4) is 0 Å². The fraction of sp³-hybridized carbons (Fsp3) is 0.0800. The number of nitrogens with one attached hydrogen (secondary N) is 1. The molecule has 0 saturated heterocycles. The molecule has 6 nitrogen and oxygen atoms in total. The summed E-state index contributed by atoms with van der Waals surface area (Å²) in [5.74, 6) is -0.910. The monoisotopic (exact) mass is 488 g/mol. The van der Waals surface area contributed by atoms with Crippen molar-refractivity contribution in [1.82, 2.24) is 4.90 Å². The maximum Gasteiger partial charge on any atom is 0.349 e. The fourth-order valence-electron chi connectivity index (χ4n) is 4.03. The minimum atomic E-state index is -0.736. The van der Waals surface area contributed by atoms with Gasteiger partial charge in [-0.2, -0.15) is 0 Å². The third-order valence-corrected chi connectivity index (χ3v) is 5.95. The van der Waals surface area contributed by atoms with Crippen LogP contribution in [0.15, 0.2) is 92.5 Å². The normalized spacial score (nSPS) is 15.7. The number of halogens is 1. The van der Waals surface area contributed by atoms with Crippen LogP contribution < -0.4 is 10.9 Å². The fourth-order valence-corrected chi connectivity index (χ4v) is 4.41. The van der Waals surface area contributed by atoms with Crippen molar-refractivity contribution >= 4 is 44.4 Å². The Morgan fingerprint density at radius 1 is 0.969 bits per heavy atom. The largest absolute Gasteiger partial charge is 0.422 e. The van der Waals surface area contributed by atoms with E-state index in [1.165, 1.54) is 11.0 Å². The Bertz CT molecular complexity index is 1410. The predicted octanol–water partition coefficient (Wildman–Crippen LogP) is 4.74. The molecular weight excluding hydrogens is 472 g/mol. The zero-order chi connectivity index (χ0) is 22.2. The van der Waals surface area contributed by atoms with Crippen molar-refractivity contribution in [3.05, 3.63) is 110 Å². The number of carbonyl (C=O) groups is 2. The first-order chi connectivity index (χ1) is 15.5. The number of carbonyl (C=O) groups excluding carboxylic acids is 2. The summed E-state index contributed by atoms with van der Waals surface area (Å²) in [6, 6.07) is 22.9. The van der Waals surface area contributed by atoms with Gasteiger partial charge in [0, 0.05) is 21.1 Å². The zero-order valence-electron chi connectivity index (χ0n) is 16.7. The van der Waals surface area contributed by atoms with E-state index in [-0.39, 0.29) is 18.0 Å². The van der Waals surface area contributed by atoms with Gasteiger partial charge in [0.1, 0.15) is 17.7 Å². The van der Waals surface area contributed by atoms with E-state index in [1.807, 2.05) is 42.5 Å². The Morgan fingerprint density at radius 2 is 1.72 bits per heavy atom. The summed E-state index contributed by atoms with van der Waals surface area (Å²) in [6.07, 6.45) is 0. The molecule has 3 aromatic carbocycles. The van der Waals surface area contributed by atoms with Gasteiger partial charge in [0.15, 0.2) is 0 Å². The van der Waals surface area contributed by atoms with Gasteiger partial charge in [-0.05, 0) is 35.9 Å². The van der Waals surface area contributed by atoms with Crippen LogP contribution in [0.25, 0.3) is 11.0 Å². The number of nitrogens with zero attached hydrogens (tertiary/aromatic N) is 1. The lowest BCUT2D eigenvalue weighted by molar-refractivity contribution is -0.117. The van der Waals surface area contributed by atoms with Crippen molar-refractivity contribution in [2.75, 3.05) is 11.9 Å². The molecule has 2 amide bonds. The molecule has 32 heavy (non-hydrogen) atoms. The molecule has 1 atom stereocenters. The lowest BCUT2D eigenvalue weighted by Crippen LogP contribution is -2.40. The van der Waals surface area contributed by atoms with Crippen molar-refractivity contribution in [3.8, 4) is 0 Å². The summed E-state index contributed by atoms with van der Waals surface area (Å²) in [6.45, 7) is -0.211. The van der Waals surface area contributed by atoms with E-state index < -0.39 is 17.6 Å². The number of anilines is 1. The summed E-state index contributed by atoms with van der Waals surface area (Å²) >= 11 is 3.49. The lowest BCUT2D eigenvalue weighted by atomic mass is 9.95. The standard InChI is InChI=1S/C25H17BrN2O4/c26-17-10-11-20-18(13-17)23(15-6-2-1-3-7-15)28(14-22(29)27-20)24(30)19-12-16-8-4-5-9-21(16)32-25(19)31/h1-13,23H,14H2,(H,27,29)/t23-/m1/s1. The smallest absolute Gasteiger partial charge is 0.349 e. The number of benzene rings is 3. The van der Waals surface area contributed by atoms with Crippen LogP contribution in [0.1, 0.15) is 27.5 Å². The van der Waals surface area contributed by atoms with Crippen LogP contribution in [0.5, 0.6) is 0 Å². The Hall–Kier alpha value is -3.71. The molecule has 0 saturated carbocycles. The van der Waals surface area contributed by atoms with E-state index in [2.05, 4.69) is 21.2 Å². The SMILES string of the molecule is O=C1CN(C(=O)c2cc3ccccc3oc2=O)[C@H](c2ccccc2)c2cc(Br)ccc2N1. The lowest BCUT2D eigenvalue weighted by Gasteiger charge is -2.30. The highest BCUT2D eigenvalue weighted by Gasteiger charge is 2.35. The van der Waals surface area contributed by atoms with Gasteiger partial charge in [-0.25, -0.2) is 4.79 Å². The quantitative estimate of drug-likeness (QED) is 0.413. The molecule has 0 aliphatic carbocycles. The van der Waals surface area contributed by atoms with Gasteiger partial charge < -0.3 is 14.6 Å². The first-order valence-corrected chi connectivity index (χ1v) is 10.8. The third kappa shape index (κ3) is 3.61. The summed E-state index contributed by atoms with van der Waals surface area (Å²) in [4.78, 5) is 40.6. The Labute approximate surface area is 191 Å². The topological polar surface area (TPSA) is 79.6 Å². The summed E-state index contributed by atoms with van der Waals surface area (Å²) in [5.41, 5.74) is 1.73. The van der Waals surface area contributed by atoms with E-state index in [4.69, 9.17) is 4.42 Å². The van der Waals surface area contributed by atoms with Crippen LogP contribution in [0.2, 0.25) is 0 Å². The van der Waals surface area contributed by atoms with Crippen LogP contribution in [-0.2, 0) is 4.79 Å². The minimum Gasteiger partial charge on any atom is -0.422 e. The molecule has 1 aliphatic rings. The molecule has 0 fully saturated rings. The van der Waals surface area contributed by atoms with Crippen LogP contribution >= 0.6 is 15.9 Å². The van der Waals surface area contributed by atoms with Crippen molar-refractivity contribution in [2.45, 2.75) is 6.04 Å². The second kappa shape index (κ2) is 8.09. The molecule has 7 heteroatoms. The molecule has 1 N–H and O–H groups in total. The highest BCUT2D eigenvalue weighted by Crippen LogP contribution is 2.37. The number of para-hydroxylation sites is 1. The molecule has 158 valence electrons.